The van der Waals surface area contributed by atoms with Gasteiger partial charge in [0.25, 0.3) is 0 Å². The van der Waals surface area contributed by atoms with Crippen LogP contribution in [-0.4, -0.2) is 11.2 Å². The molecule has 1 aliphatic carbocycles. The van der Waals surface area contributed by atoms with Crippen LogP contribution >= 0.6 is 0 Å². The molecule has 1 heteroatoms. The lowest BCUT2D eigenvalue weighted by Gasteiger charge is -2.18. The topological polar surface area (TPSA) is 20.2 Å². The Labute approximate surface area is 50.0 Å². The second-order valence-corrected chi connectivity index (χ2v) is 2.49. The highest BCUT2D eigenvalue weighted by Crippen LogP contribution is 2.17. The lowest BCUT2D eigenvalue weighted by atomic mass is 9.94. The number of allylic oxidation sites excluding steroid dienone is 1. The fourth-order valence-electron chi connectivity index (χ4n) is 0.936. The minimum absolute atomic E-state index is 0.0833. The predicted octanol–water partition coefficient (Wildman–Crippen LogP) is 1.33. The lowest BCUT2D eigenvalue weighted by molar-refractivity contribution is 0.115. The molecule has 1 aliphatic rings. The average Bonchev–Trinajstić information content (AvgIpc) is 1.77. The number of aliphatic hydroxyl groups is 1. The van der Waals surface area contributed by atoms with Crippen molar-refractivity contribution in [3.8, 4) is 0 Å². The summed E-state index contributed by atoms with van der Waals surface area (Å²) >= 11 is 0. The van der Waals surface area contributed by atoms with Crippen molar-refractivity contribution in [3.05, 3.63) is 12.2 Å². The van der Waals surface area contributed by atoms with Gasteiger partial charge < -0.3 is 5.11 Å². The average molecular weight is 112 g/mol. The van der Waals surface area contributed by atoms with Gasteiger partial charge in [0, 0.05) is 0 Å². The van der Waals surface area contributed by atoms with Crippen LogP contribution in [0.4, 0.5) is 0 Å². The molecule has 0 fully saturated rings. The van der Waals surface area contributed by atoms with Crippen LogP contribution in [0.5, 0.6) is 0 Å². The Kier molecular flexibility index (Phi) is 1.69. The molecule has 2 atom stereocenters. The van der Waals surface area contributed by atoms with Crippen LogP contribution < -0.4 is 0 Å². The van der Waals surface area contributed by atoms with Crippen molar-refractivity contribution < 1.29 is 5.11 Å². The molecule has 1 unspecified atom stereocenters. The third-order valence-electron chi connectivity index (χ3n) is 1.71. The molecule has 0 aliphatic heterocycles. The molecule has 1 N–H and O–H groups in total. The summed E-state index contributed by atoms with van der Waals surface area (Å²) in [4.78, 5) is 0. The fraction of sp³-hybridized carbons (Fsp3) is 0.714. The van der Waals surface area contributed by atoms with Gasteiger partial charge in [0.1, 0.15) is 0 Å². The van der Waals surface area contributed by atoms with Crippen molar-refractivity contribution in [2.75, 3.05) is 0 Å². The standard InChI is InChI=1S/C7H12O/c1-6-4-2-3-5-7(6)8/h2-3,6-8H,4-5H2,1H3/t6-,7?/m1/s1. The molecule has 0 aromatic heterocycles. The number of hydrogen-bond acceptors (Lipinski definition) is 1. The molecule has 0 amide bonds. The Morgan fingerprint density at radius 2 is 2.00 bits per heavy atom. The molecule has 0 saturated heterocycles. The highest BCUT2D eigenvalue weighted by atomic mass is 16.3. The van der Waals surface area contributed by atoms with Crippen LogP contribution in [0.15, 0.2) is 12.2 Å². The van der Waals surface area contributed by atoms with Gasteiger partial charge in [-0.1, -0.05) is 19.1 Å². The quantitative estimate of drug-likeness (QED) is 0.469. The molecule has 8 heavy (non-hydrogen) atoms. The molecule has 0 saturated carbocycles. The fourth-order valence-corrected chi connectivity index (χ4v) is 0.936. The van der Waals surface area contributed by atoms with Gasteiger partial charge in [0.15, 0.2) is 0 Å². The van der Waals surface area contributed by atoms with Gasteiger partial charge in [-0.3, -0.25) is 0 Å². The first-order valence-corrected chi connectivity index (χ1v) is 3.14. The van der Waals surface area contributed by atoms with Crippen LogP contribution in [0.25, 0.3) is 0 Å². The highest BCUT2D eigenvalue weighted by molar-refractivity contribution is 4.92. The van der Waals surface area contributed by atoms with Gasteiger partial charge in [-0.05, 0) is 18.8 Å². The Morgan fingerprint density at radius 3 is 2.38 bits per heavy atom. The largest absolute Gasteiger partial charge is 0.393 e. The lowest BCUT2D eigenvalue weighted by Crippen LogP contribution is -2.18. The Bertz CT molecular complexity index is 84.6. The first-order chi connectivity index (χ1) is 3.80. The van der Waals surface area contributed by atoms with E-state index in [4.69, 9.17) is 5.11 Å². The molecule has 0 radical (unpaired) electrons. The SMILES string of the molecule is C[C@@H]1CC=CCC1O. The Hall–Kier alpha value is -0.300. The van der Waals surface area contributed by atoms with E-state index in [0.29, 0.717) is 5.92 Å². The third-order valence-corrected chi connectivity index (χ3v) is 1.71. The summed E-state index contributed by atoms with van der Waals surface area (Å²) in [5, 5.41) is 9.13. The molecule has 0 aromatic carbocycles. The van der Waals surface area contributed by atoms with Crippen molar-refractivity contribution >= 4 is 0 Å². The zero-order valence-corrected chi connectivity index (χ0v) is 5.17. The normalized spacial score (nSPS) is 37.8. The Morgan fingerprint density at radius 1 is 1.38 bits per heavy atom. The maximum atomic E-state index is 9.13. The van der Waals surface area contributed by atoms with E-state index in [2.05, 4.69) is 13.0 Å². The summed E-state index contributed by atoms with van der Waals surface area (Å²) in [6, 6.07) is 0. The first kappa shape index (κ1) is 5.83. The summed E-state index contributed by atoms with van der Waals surface area (Å²) in [5.74, 6) is 0.472. The number of hydrogen-bond donors (Lipinski definition) is 1. The monoisotopic (exact) mass is 112 g/mol. The molecular weight excluding hydrogens is 100 g/mol. The first-order valence-electron chi connectivity index (χ1n) is 3.14. The van der Waals surface area contributed by atoms with E-state index in [1.54, 1.807) is 0 Å². The maximum Gasteiger partial charge on any atom is 0.0603 e. The van der Waals surface area contributed by atoms with Crippen LogP contribution in [0.2, 0.25) is 0 Å². The molecule has 1 rings (SSSR count). The van der Waals surface area contributed by atoms with Crippen molar-refractivity contribution in [2.24, 2.45) is 5.92 Å². The Balaban J connectivity index is 2.44. The summed E-state index contributed by atoms with van der Waals surface area (Å²) < 4.78 is 0. The van der Waals surface area contributed by atoms with Crippen LogP contribution in [-0.2, 0) is 0 Å². The maximum absolute atomic E-state index is 9.13. The van der Waals surface area contributed by atoms with Gasteiger partial charge in [0.05, 0.1) is 6.10 Å². The second kappa shape index (κ2) is 2.31. The molecule has 0 aromatic rings. The van der Waals surface area contributed by atoms with E-state index in [0.717, 1.165) is 12.8 Å². The molecule has 0 spiro atoms. The highest BCUT2D eigenvalue weighted by Gasteiger charge is 2.13. The van der Waals surface area contributed by atoms with Crippen LogP contribution in [0, 0.1) is 5.92 Å². The van der Waals surface area contributed by atoms with Crippen LogP contribution in [0.1, 0.15) is 19.8 Å². The van der Waals surface area contributed by atoms with Gasteiger partial charge in [-0.25, -0.2) is 0 Å². The molecular formula is C7H12O. The van der Waals surface area contributed by atoms with Crippen LogP contribution in [0.3, 0.4) is 0 Å². The van der Waals surface area contributed by atoms with Gasteiger partial charge in [-0.15, -0.1) is 0 Å². The molecule has 0 heterocycles. The zero-order valence-electron chi connectivity index (χ0n) is 5.17. The number of aliphatic hydroxyl groups excluding tert-OH is 1. The van der Waals surface area contributed by atoms with E-state index in [-0.39, 0.29) is 6.10 Å². The summed E-state index contributed by atoms with van der Waals surface area (Å²) in [5.41, 5.74) is 0. The summed E-state index contributed by atoms with van der Waals surface area (Å²) in [6.07, 6.45) is 5.99. The van der Waals surface area contributed by atoms with Gasteiger partial charge in [0.2, 0.25) is 0 Å². The molecule has 0 bridgehead atoms. The minimum atomic E-state index is -0.0833. The van der Waals surface area contributed by atoms with Crippen molar-refractivity contribution in [1.29, 1.82) is 0 Å². The smallest absolute Gasteiger partial charge is 0.0603 e. The summed E-state index contributed by atoms with van der Waals surface area (Å²) in [6.45, 7) is 2.08. The van der Waals surface area contributed by atoms with Crippen molar-refractivity contribution in [3.63, 3.8) is 0 Å². The van der Waals surface area contributed by atoms with E-state index in [1.165, 1.54) is 0 Å². The van der Waals surface area contributed by atoms with Gasteiger partial charge >= 0.3 is 0 Å². The summed E-state index contributed by atoms with van der Waals surface area (Å²) in [7, 11) is 0. The molecule has 1 nitrogen and oxygen atoms in total. The van der Waals surface area contributed by atoms with E-state index in [1.807, 2.05) is 6.08 Å². The second-order valence-electron chi connectivity index (χ2n) is 2.49. The predicted molar refractivity (Wildman–Crippen MR) is 33.5 cm³/mol. The van der Waals surface area contributed by atoms with E-state index >= 15 is 0 Å². The van der Waals surface area contributed by atoms with E-state index in [9.17, 15) is 0 Å². The van der Waals surface area contributed by atoms with Gasteiger partial charge in [-0.2, -0.15) is 0 Å². The third kappa shape index (κ3) is 1.10. The minimum Gasteiger partial charge on any atom is -0.393 e. The molecule has 46 valence electrons. The zero-order chi connectivity index (χ0) is 5.98. The van der Waals surface area contributed by atoms with E-state index < -0.39 is 0 Å². The van der Waals surface area contributed by atoms with Crippen molar-refractivity contribution in [2.45, 2.75) is 25.9 Å². The number of rotatable bonds is 0. The van der Waals surface area contributed by atoms with Crippen molar-refractivity contribution in [1.82, 2.24) is 0 Å².